The molecule has 0 aliphatic rings. The number of rotatable bonds is 2. The van der Waals surface area contributed by atoms with Crippen molar-refractivity contribution in [3.8, 4) is 0 Å². The van der Waals surface area contributed by atoms with Gasteiger partial charge in [0.05, 0.1) is 5.69 Å². The van der Waals surface area contributed by atoms with E-state index in [1.165, 1.54) is 0 Å². The zero-order valence-electron chi connectivity index (χ0n) is 6.10. The smallest absolute Gasteiger partial charge is 0.196 e. The summed E-state index contributed by atoms with van der Waals surface area (Å²) in [6, 6.07) is 0. The van der Waals surface area contributed by atoms with Gasteiger partial charge in [-0.25, -0.2) is 4.98 Å². The van der Waals surface area contributed by atoms with Crippen molar-refractivity contribution in [2.45, 2.75) is 24.2 Å². The lowest BCUT2D eigenvalue weighted by Crippen LogP contribution is -1.86. The highest BCUT2D eigenvalue weighted by molar-refractivity contribution is 14.1. The van der Waals surface area contributed by atoms with Gasteiger partial charge in [-0.3, -0.25) is 0 Å². The molecule has 1 heterocycles. The maximum Gasteiger partial charge on any atom is 0.196 e. The van der Waals surface area contributed by atoms with Crippen LogP contribution in [-0.4, -0.2) is 4.98 Å². The van der Waals surface area contributed by atoms with Gasteiger partial charge in [-0.05, 0) is 0 Å². The summed E-state index contributed by atoms with van der Waals surface area (Å²) in [7, 11) is 0. The third-order valence-corrected chi connectivity index (χ3v) is 1.98. The summed E-state index contributed by atoms with van der Waals surface area (Å²) < 4.78 is 6.13. The van der Waals surface area contributed by atoms with Crippen LogP contribution in [0.5, 0.6) is 0 Å². The van der Waals surface area contributed by atoms with Crippen LogP contribution in [-0.2, 0) is 4.43 Å². The van der Waals surface area contributed by atoms with Crippen molar-refractivity contribution < 1.29 is 4.42 Å². The van der Waals surface area contributed by atoms with Crippen LogP contribution in [0, 0.1) is 0 Å². The standard InChI is InChI=1S/C7H10INO/c1-5(2)7-9-6(3-8)4-10-7/h4-5H,3H2,1-2H3. The van der Waals surface area contributed by atoms with E-state index in [1.807, 2.05) is 0 Å². The van der Waals surface area contributed by atoms with E-state index in [1.54, 1.807) is 6.26 Å². The molecular weight excluding hydrogens is 241 g/mol. The third kappa shape index (κ3) is 1.71. The summed E-state index contributed by atoms with van der Waals surface area (Å²) in [6.07, 6.45) is 1.72. The quantitative estimate of drug-likeness (QED) is 0.596. The fourth-order valence-corrected chi connectivity index (χ4v) is 1.000. The fourth-order valence-electron chi connectivity index (χ4n) is 0.649. The Bertz CT molecular complexity index is 207. The Morgan fingerprint density at radius 2 is 2.40 bits per heavy atom. The number of oxazole rings is 1. The van der Waals surface area contributed by atoms with Crippen LogP contribution >= 0.6 is 22.6 Å². The van der Waals surface area contributed by atoms with Crippen molar-refractivity contribution in [3.63, 3.8) is 0 Å². The van der Waals surface area contributed by atoms with Crippen LogP contribution < -0.4 is 0 Å². The molecule has 0 unspecified atom stereocenters. The van der Waals surface area contributed by atoms with Gasteiger partial charge < -0.3 is 4.42 Å². The molecule has 1 aromatic rings. The highest BCUT2D eigenvalue weighted by atomic mass is 127. The molecule has 3 heteroatoms. The largest absolute Gasteiger partial charge is 0.448 e. The lowest BCUT2D eigenvalue weighted by molar-refractivity contribution is 0.471. The molecule has 1 aromatic heterocycles. The van der Waals surface area contributed by atoms with Crippen LogP contribution in [0.1, 0.15) is 31.4 Å². The van der Waals surface area contributed by atoms with E-state index in [9.17, 15) is 0 Å². The minimum absolute atomic E-state index is 0.400. The van der Waals surface area contributed by atoms with Crippen molar-refractivity contribution in [2.24, 2.45) is 0 Å². The summed E-state index contributed by atoms with van der Waals surface area (Å²) in [5.74, 6) is 1.24. The van der Waals surface area contributed by atoms with Gasteiger partial charge in [0.25, 0.3) is 0 Å². The van der Waals surface area contributed by atoms with Crippen molar-refractivity contribution in [2.75, 3.05) is 0 Å². The predicted molar refractivity (Wildman–Crippen MR) is 48.3 cm³/mol. The average molecular weight is 251 g/mol. The lowest BCUT2D eigenvalue weighted by atomic mass is 10.2. The molecule has 0 saturated carbocycles. The van der Waals surface area contributed by atoms with E-state index in [0.717, 1.165) is 16.0 Å². The van der Waals surface area contributed by atoms with Gasteiger partial charge in [0, 0.05) is 10.3 Å². The van der Waals surface area contributed by atoms with Gasteiger partial charge in [-0.2, -0.15) is 0 Å². The highest BCUT2D eigenvalue weighted by Gasteiger charge is 2.05. The second-order valence-corrected chi connectivity index (χ2v) is 3.23. The molecule has 0 aromatic carbocycles. The molecule has 0 radical (unpaired) electrons. The third-order valence-electron chi connectivity index (χ3n) is 1.20. The van der Waals surface area contributed by atoms with Gasteiger partial charge in [0.15, 0.2) is 5.89 Å². The second-order valence-electron chi connectivity index (χ2n) is 2.47. The van der Waals surface area contributed by atoms with Gasteiger partial charge in [-0.1, -0.05) is 36.4 Å². The summed E-state index contributed by atoms with van der Waals surface area (Å²) in [6.45, 7) is 4.14. The van der Waals surface area contributed by atoms with Gasteiger partial charge >= 0.3 is 0 Å². The Balaban J connectivity index is 2.78. The predicted octanol–water partition coefficient (Wildman–Crippen LogP) is 2.73. The van der Waals surface area contributed by atoms with Crippen molar-refractivity contribution in [1.82, 2.24) is 4.98 Å². The zero-order valence-corrected chi connectivity index (χ0v) is 8.25. The van der Waals surface area contributed by atoms with E-state index in [0.29, 0.717) is 5.92 Å². The van der Waals surface area contributed by atoms with E-state index in [2.05, 4.69) is 41.4 Å². The molecule has 2 nitrogen and oxygen atoms in total. The number of nitrogens with zero attached hydrogens (tertiary/aromatic N) is 1. The van der Waals surface area contributed by atoms with Gasteiger partial charge in [0.1, 0.15) is 6.26 Å². The molecule has 0 amide bonds. The number of halogens is 1. The van der Waals surface area contributed by atoms with Crippen LogP contribution in [0.25, 0.3) is 0 Å². The first-order chi connectivity index (χ1) is 4.74. The summed E-state index contributed by atoms with van der Waals surface area (Å²) in [4.78, 5) is 4.25. The van der Waals surface area contributed by atoms with Gasteiger partial charge in [-0.15, -0.1) is 0 Å². The number of alkyl halides is 1. The normalized spacial score (nSPS) is 10.8. The average Bonchev–Trinajstić information content (AvgIpc) is 2.34. The minimum atomic E-state index is 0.400. The Morgan fingerprint density at radius 1 is 1.70 bits per heavy atom. The zero-order chi connectivity index (χ0) is 7.56. The molecule has 1 rings (SSSR count). The first-order valence-electron chi connectivity index (χ1n) is 3.24. The van der Waals surface area contributed by atoms with E-state index in [4.69, 9.17) is 4.42 Å². The fraction of sp³-hybridized carbons (Fsp3) is 0.571. The number of hydrogen-bond acceptors (Lipinski definition) is 2. The number of hydrogen-bond donors (Lipinski definition) is 0. The number of aromatic nitrogens is 1. The SMILES string of the molecule is CC(C)c1nc(CI)co1. The minimum Gasteiger partial charge on any atom is -0.448 e. The molecule has 0 aliphatic heterocycles. The molecule has 0 bridgehead atoms. The molecule has 0 spiro atoms. The van der Waals surface area contributed by atoms with E-state index in [-0.39, 0.29) is 0 Å². The Morgan fingerprint density at radius 3 is 2.70 bits per heavy atom. The van der Waals surface area contributed by atoms with Crippen LogP contribution in [0.4, 0.5) is 0 Å². The molecule has 0 aliphatic carbocycles. The summed E-state index contributed by atoms with van der Waals surface area (Å²) >= 11 is 2.27. The summed E-state index contributed by atoms with van der Waals surface area (Å²) in [5.41, 5.74) is 1.03. The van der Waals surface area contributed by atoms with Crippen molar-refractivity contribution >= 4 is 22.6 Å². The van der Waals surface area contributed by atoms with Crippen molar-refractivity contribution in [1.29, 1.82) is 0 Å². The monoisotopic (exact) mass is 251 g/mol. The van der Waals surface area contributed by atoms with Crippen LogP contribution in [0.2, 0.25) is 0 Å². The lowest BCUT2D eigenvalue weighted by Gasteiger charge is -1.93. The molecular formula is C7H10INO. The molecule has 56 valence electrons. The topological polar surface area (TPSA) is 26.0 Å². The first-order valence-corrected chi connectivity index (χ1v) is 4.77. The molecule has 0 saturated heterocycles. The Hall–Kier alpha value is -0.0600. The van der Waals surface area contributed by atoms with Crippen molar-refractivity contribution in [3.05, 3.63) is 17.8 Å². The molecule has 0 fully saturated rings. The second kappa shape index (κ2) is 3.37. The maximum absolute atomic E-state index is 5.20. The molecule has 0 atom stereocenters. The van der Waals surface area contributed by atoms with Crippen LogP contribution in [0.3, 0.4) is 0 Å². The first kappa shape index (κ1) is 8.04. The van der Waals surface area contributed by atoms with Crippen LogP contribution in [0.15, 0.2) is 10.7 Å². The molecule has 10 heavy (non-hydrogen) atoms. The van der Waals surface area contributed by atoms with E-state index >= 15 is 0 Å². The Labute approximate surface area is 74.2 Å². The van der Waals surface area contributed by atoms with E-state index < -0.39 is 0 Å². The maximum atomic E-state index is 5.20. The van der Waals surface area contributed by atoms with Gasteiger partial charge in [0.2, 0.25) is 0 Å². The highest BCUT2D eigenvalue weighted by Crippen LogP contribution is 2.14. The Kier molecular flexibility index (Phi) is 2.71. The molecule has 0 N–H and O–H groups in total. The summed E-state index contributed by atoms with van der Waals surface area (Å²) in [5, 5.41) is 0.